The second kappa shape index (κ2) is 7.77. The fraction of sp³-hybridized carbons (Fsp3) is 0.812. The van der Waals surface area contributed by atoms with E-state index in [-0.39, 0.29) is 30.2 Å². The zero-order valence-electron chi connectivity index (χ0n) is 14.2. The highest BCUT2D eigenvalue weighted by molar-refractivity contribution is 5.88. The fourth-order valence-corrected chi connectivity index (χ4v) is 3.27. The summed E-state index contributed by atoms with van der Waals surface area (Å²) >= 11 is 0. The van der Waals surface area contributed by atoms with Crippen molar-refractivity contribution in [1.82, 2.24) is 14.7 Å². The lowest BCUT2D eigenvalue weighted by atomic mass is 10.1. The molecule has 23 heavy (non-hydrogen) atoms. The highest BCUT2D eigenvalue weighted by Crippen LogP contribution is 2.15. The molecule has 130 valence electrons. The van der Waals surface area contributed by atoms with E-state index in [0.29, 0.717) is 39.1 Å². The van der Waals surface area contributed by atoms with Crippen LogP contribution in [0.3, 0.4) is 0 Å². The maximum atomic E-state index is 12.6. The summed E-state index contributed by atoms with van der Waals surface area (Å²) < 4.78 is 0. The van der Waals surface area contributed by atoms with E-state index >= 15 is 0 Å². The van der Waals surface area contributed by atoms with Crippen LogP contribution in [0.2, 0.25) is 0 Å². The highest BCUT2D eigenvalue weighted by atomic mass is 16.2. The predicted octanol–water partition coefficient (Wildman–Crippen LogP) is -0.347. The van der Waals surface area contributed by atoms with Crippen LogP contribution < -0.4 is 5.73 Å². The van der Waals surface area contributed by atoms with E-state index in [1.165, 1.54) is 0 Å². The van der Waals surface area contributed by atoms with Crippen molar-refractivity contribution in [3.8, 4) is 0 Å². The molecule has 0 aromatic carbocycles. The van der Waals surface area contributed by atoms with Gasteiger partial charge in [-0.25, -0.2) is 0 Å². The van der Waals surface area contributed by atoms with Gasteiger partial charge in [-0.15, -0.1) is 0 Å². The molecular formula is C16H28N4O3. The van der Waals surface area contributed by atoms with Gasteiger partial charge in [0.05, 0.1) is 12.6 Å². The molecule has 7 nitrogen and oxygen atoms in total. The number of nitrogens with two attached hydrogens (primary N) is 1. The summed E-state index contributed by atoms with van der Waals surface area (Å²) in [5, 5.41) is 0. The number of rotatable bonds is 3. The van der Waals surface area contributed by atoms with E-state index in [1.807, 2.05) is 4.90 Å². The van der Waals surface area contributed by atoms with Crippen LogP contribution in [-0.2, 0) is 14.4 Å². The Balaban J connectivity index is 1.97. The molecule has 0 aliphatic carbocycles. The van der Waals surface area contributed by atoms with E-state index in [2.05, 4.69) is 6.92 Å². The molecule has 0 aromatic heterocycles. The second-order valence-electron chi connectivity index (χ2n) is 6.59. The summed E-state index contributed by atoms with van der Waals surface area (Å²) in [6.45, 7) is 6.78. The summed E-state index contributed by atoms with van der Waals surface area (Å²) in [5.74, 6) is 0.160. The molecule has 7 heteroatoms. The third-order valence-electron chi connectivity index (χ3n) is 4.87. The van der Waals surface area contributed by atoms with Crippen LogP contribution in [0.5, 0.6) is 0 Å². The van der Waals surface area contributed by atoms with Gasteiger partial charge < -0.3 is 20.4 Å². The Hall–Kier alpha value is -1.63. The molecule has 2 N–H and O–H groups in total. The first-order valence-corrected chi connectivity index (χ1v) is 8.50. The average Bonchev–Trinajstić information content (AvgIpc) is 2.74. The summed E-state index contributed by atoms with van der Waals surface area (Å²) in [6, 6.07) is -0.475. The molecule has 2 aliphatic heterocycles. The SMILES string of the molecule is CC[C@H]1CN(C(C)=O)CCN(C(=O)CN2CCC[C@H](N)C2=O)C1. The molecule has 0 saturated carbocycles. The Bertz CT molecular complexity index is 468. The number of carbonyl (C=O) groups excluding carboxylic acids is 3. The van der Waals surface area contributed by atoms with Crippen molar-refractivity contribution >= 4 is 17.7 Å². The van der Waals surface area contributed by atoms with Gasteiger partial charge in [-0.2, -0.15) is 0 Å². The van der Waals surface area contributed by atoms with Crippen LogP contribution in [0.25, 0.3) is 0 Å². The van der Waals surface area contributed by atoms with Crippen molar-refractivity contribution in [3.63, 3.8) is 0 Å². The molecule has 0 spiro atoms. The van der Waals surface area contributed by atoms with E-state index in [0.717, 1.165) is 12.8 Å². The largest absolute Gasteiger partial charge is 0.341 e. The van der Waals surface area contributed by atoms with Crippen LogP contribution in [0.1, 0.15) is 33.1 Å². The third kappa shape index (κ3) is 4.43. The van der Waals surface area contributed by atoms with Crippen LogP contribution in [0.15, 0.2) is 0 Å². The molecule has 0 bridgehead atoms. The van der Waals surface area contributed by atoms with Crippen molar-refractivity contribution in [3.05, 3.63) is 0 Å². The van der Waals surface area contributed by atoms with Gasteiger partial charge in [0.25, 0.3) is 0 Å². The lowest BCUT2D eigenvalue weighted by Crippen LogP contribution is -2.52. The van der Waals surface area contributed by atoms with Gasteiger partial charge in [-0.1, -0.05) is 6.92 Å². The minimum absolute atomic E-state index is 0.0451. The van der Waals surface area contributed by atoms with Gasteiger partial charge in [0.2, 0.25) is 17.7 Å². The minimum atomic E-state index is -0.475. The summed E-state index contributed by atoms with van der Waals surface area (Å²) in [7, 11) is 0. The number of carbonyl (C=O) groups is 3. The van der Waals surface area contributed by atoms with Gasteiger partial charge in [0, 0.05) is 39.6 Å². The Labute approximate surface area is 137 Å². The zero-order valence-corrected chi connectivity index (χ0v) is 14.2. The molecule has 0 unspecified atom stereocenters. The number of hydrogen-bond acceptors (Lipinski definition) is 4. The lowest BCUT2D eigenvalue weighted by molar-refractivity contribution is -0.143. The normalized spacial score (nSPS) is 26.2. The maximum Gasteiger partial charge on any atom is 0.242 e. The number of piperidine rings is 1. The predicted molar refractivity (Wildman–Crippen MR) is 86.4 cm³/mol. The number of nitrogens with zero attached hydrogens (tertiary/aromatic N) is 3. The molecule has 3 amide bonds. The summed E-state index contributed by atoms with van der Waals surface area (Å²) in [6.07, 6.45) is 2.45. The molecule has 2 fully saturated rings. The number of likely N-dealkylation sites (tertiary alicyclic amines) is 1. The smallest absolute Gasteiger partial charge is 0.242 e. The van der Waals surface area contributed by atoms with Crippen LogP contribution in [0.4, 0.5) is 0 Å². The summed E-state index contributed by atoms with van der Waals surface area (Å²) in [4.78, 5) is 41.5. The topological polar surface area (TPSA) is 87.0 Å². The minimum Gasteiger partial charge on any atom is -0.341 e. The molecule has 2 aliphatic rings. The molecular weight excluding hydrogens is 296 g/mol. The van der Waals surface area contributed by atoms with E-state index in [4.69, 9.17) is 5.73 Å². The molecule has 0 radical (unpaired) electrons. The Kier molecular flexibility index (Phi) is 5.98. The van der Waals surface area contributed by atoms with Crippen molar-refractivity contribution < 1.29 is 14.4 Å². The van der Waals surface area contributed by atoms with Crippen LogP contribution in [0, 0.1) is 5.92 Å². The third-order valence-corrected chi connectivity index (χ3v) is 4.87. The van der Waals surface area contributed by atoms with Gasteiger partial charge in [0.15, 0.2) is 0 Å². The fourth-order valence-electron chi connectivity index (χ4n) is 3.27. The zero-order chi connectivity index (χ0) is 17.0. The Morgan fingerprint density at radius 1 is 1.17 bits per heavy atom. The van der Waals surface area contributed by atoms with Crippen LogP contribution in [-0.4, -0.2) is 77.7 Å². The average molecular weight is 324 g/mol. The van der Waals surface area contributed by atoms with E-state index in [1.54, 1.807) is 16.7 Å². The molecule has 0 aromatic rings. The van der Waals surface area contributed by atoms with Crippen molar-refractivity contribution in [2.45, 2.75) is 39.2 Å². The first-order valence-electron chi connectivity index (χ1n) is 8.50. The van der Waals surface area contributed by atoms with Crippen molar-refractivity contribution in [2.75, 3.05) is 39.3 Å². The monoisotopic (exact) mass is 324 g/mol. The summed E-state index contributed by atoms with van der Waals surface area (Å²) in [5.41, 5.74) is 5.78. The molecule has 2 atom stereocenters. The lowest BCUT2D eigenvalue weighted by Gasteiger charge is -2.32. The first-order chi connectivity index (χ1) is 10.9. The molecule has 2 heterocycles. The number of hydrogen-bond donors (Lipinski definition) is 1. The Morgan fingerprint density at radius 3 is 2.48 bits per heavy atom. The van der Waals surface area contributed by atoms with E-state index < -0.39 is 6.04 Å². The van der Waals surface area contributed by atoms with Gasteiger partial charge in [-0.3, -0.25) is 14.4 Å². The molecule has 2 saturated heterocycles. The van der Waals surface area contributed by atoms with E-state index in [9.17, 15) is 14.4 Å². The second-order valence-corrected chi connectivity index (χ2v) is 6.59. The standard InChI is InChI=1S/C16H28N4O3/c1-3-13-9-18(12(2)21)7-8-19(10-13)15(22)11-20-6-4-5-14(17)16(20)23/h13-14H,3-11,17H2,1-2H3/t13-,14-/m0/s1. The Morgan fingerprint density at radius 2 is 1.83 bits per heavy atom. The van der Waals surface area contributed by atoms with Gasteiger partial charge in [-0.05, 0) is 25.2 Å². The maximum absolute atomic E-state index is 12.6. The highest BCUT2D eigenvalue weighted by Gasteiger charge is 2.30. The van der Waals surface area contributed by atoms with Gasteiger partial charge >= 0.3 is 0 Å². The first kappa shape index (κ1) is 17.7. The van der Waals surface area contributed by atoms with Crippen LogP contribution >= 0.6 is 0 Å². The van der Waals surface area contributed by atoms with Crippen molar-refractivity contribution in [2.24, 2.45) is 11.7 Å². The van der Waals surface area contributed by atoms with Gasteiger partial charge in [0.1, 0.15) is 0 Å². The quantitative estimate of drug-likeness (QED) is 0.769. The van der Waals surface area contributed by atoms with Crippen molar-refractivity contribution in [1.29, 1.82) is 0 Å². The molecule has 2 rings (SSSR count). The number of amides is 3.